The van der Waals surface area contributed by atoms with E-state index in [4.69, 9.17) is 0 Å². The summed E-state index contributed by atoms with van der Waals surface area (Å²) in [5, 5.41) is 2.63. The number of carbonyl (C=O) groups excluding carboxylic acids is 4. The van der Waals surface area contributed by atoms with Gasteiger partial charge in [0, 0.05) is 26.2 Å². The van der Waals surface area contributed by atoms with E-state index in [1.54, 1.807) is 4.90 Å². The molecule has 0 aliphatic carbocycles. The van der Waals surface area contributed by atoms with Gasteiger partial charge in [0.1, 0.15) is 0 Å². The summed E-state index contributed by atoms with van der Waals surface area (Å²) in [7, 11) is 0. The molecule has 2 saturated heterocycles. The van der Waals surface area contributed by atoms with E-state index in [2.05, 4.69) is 11.9 Å². The average molecular weight is 401 g/mol. The summed E-state index contributed by atoms with van der Waals surface area (Å²) < 4.78 is 0. The van der Waals surface area contributed by atoms with Crippen LogP contribution < -0.4 is 5.32 Å². The Morgan fingerprint density at radius 3 is 2.43 bits per heavy atom. The first-order chi connectivity index (χ1) is 13.5. The largest absolute Gasteiger partial charge is 0.354 e. The van der Waals surface area contributed by atoms with Crippen molar-refractivity contribution < 1.29 is 19.2 Å². The van der Waals surface area contributed by atoms with Gasteiger partial charge in [-0.05, 0) is 24.5 Å². The van der Waals surface area contributed by atoms with Crippen LogP contribution in [-0.4, -0.2) is 64.7 Å². The van der Waals surface area contributed by atoms with Crippen molar-refractivity contribution in [2.75, 3.05) is 31.9 Å². The Bertz CT molecular complexity index is 772. The lowest BCUT2D eigenvalue weighted by atomic mass is 9.72. The predicted octanol–water partition coefficient (Wildman–Crippen LogP) is 1.54. The van der Waals surface area contributed by atoms with Crippen molar-refractivity contribution in [3.05, 3.63) is 48.6 Å². The van der Waals surface area contributed by atoms with Crippen molar-refractivity contribution in [2.24, 2.45) is 0 Å². The van der Waals surface area contributed by atoms with Gasteiger partial charge < -0.3 is 10.2 Å². The van der Waals surface area contributed by atoms with Gasteiger partial charge in [-0.15, -0.1) is 0 Å². The molecule has 1 aromatic rings. The molecule has 1 N–H and O–H groups in total. The lowest BCUT2D eigenvalue weighted by molar-refractivity contribution is -0.134. The van der Waals surface area contributed by atoms with Crippen LogP contribution in [-0.2, 0) is 19.8 Å². The quantitative estimate of drug-likeness (QED) is 0.731. The highest BCUT2D eigenvalue weighted by atomic mass is 32.2. The molecule has 1 aromatic carbocycles. The van der Waals surface area contributed by atoms with Crippen LogP contribution in [0.15, 0.2) is 43.0 Å². The van der Waals surface area contributed by atoms with Gasteiger partial charge in [-0.3, -0.25) is 24.1 Å². The number of amides is 4. The minimum absolute atomic E-state index is 0.134. The maximum absolute atomic E-state index is 13.2. The normalized spacial score (nSPS) is 18.9. The van der Waals surface area contributed by atoms with Crippen LogP contribution in [0, 0.1) is 0 Å². The van der Waals surface area contributed by atoms with Crippen molar-refractivity contribution in [1.82, 2.24) is 15.1 Å². The number of hydrogen-bond acceptors (Lipinski definition) is 5. The zero-order valence-electron chi connectivity index (χ0n) is 15.6. The van der Waals surface area contributed by atoms with Gasteiger partial charge in [-0.2, -0.15) is 0 Å². The van der Waals surface area contributed by atoms with Crippen LogP contribution in [0.25, 0.3) is 0 Å². The fourth-order valence-corrected chi connectivity index (χ4v) is 4.44. The second-order valence-corrected chi connectivity index (χ2v) is 7.76. The van der Waals surface area contributed by atoms with E-state index in [0.29, 0.717) is 25.9 Å². The van der Waals surface area contributed by atoms with E-state index in [-0.39, 0.29) is 41.8 Å². The van der Waals surface area contributed by atoms with E-state index in [0.717, 1.165) is 17.3 Å². The molecule has 4 amide bonds. The molecule has 2 aliphatic heterocycles. The molecule has 0 bridgehead atoms. The highest BCUT2D eigenvalue weighted by Crippen LogP contribution is 2.36. The van der Waals surface area contributed by atoms with Gasteiger partial charge >= 0.3 is 0 Å². The van der Waals surface area contributed by atoms with Gasteiger partial charge in [-0.25, -0.2) is 0 Å². The van der Waals surface area contributed by atoms with Gasteiger partial charge in [-0.1, -0.05) is 48.7 Å². The first kappa shape index (κ1) is 20.1. The zero-order valence-corrected chi connectivity index (χ0v) is 16.4. The minimum Gasteiger partial charge on any atom is -0.354 e. The molecule has 0 saturated carbocycles. The molecule has 0 atom stereocenters. The maximum Gasteiger partial charge on any atom is 0.288 e. The second-order valence-electron chi connectivity index (χ2n) is 6.83. The summed E-state index contributed by atoms with van der Waals surface area (Å²) in [6, 6.07) is 9.53. The summed E-state index contributed by atoms with van der Waals surface area (Å²) in [5.41, 5.74) is 0.162. The molecule has 148 valence electrons. The molecule has 8 heteroatoms. The molecule has 2 aliphatic rings. The Balaban J connectivity index is 1.70. The van der Waals surface area contributed by atoms with Crippen molar-refractivity contribution in [3.8, 4) is 0 Å². The number of carbonyl (C=O) groups is 4. The predicted molar refractivity (Wildman–Crippen MR) is 107 cm³/mol. The van der Waals surface area contributed by atoms with Gasteiger partial charge in [0.2, 0.25) is 17.7 Å². The van der Waals surface area contributed by atoms with Crippen LogP contribution in [0.4, 0.5) is 4.79 Å². The standard InChI is InChI=1S/C20H23N3O4S/c1-2-16(24)22-11-8-20(9-12-22,15-6-4-3-5-7-15)18(26)21-10-13-23-17(25)14-28-19(23)27/h2-7H,1,8-14H2,(H,21,26). The third kappa shape index (κ3) is 3.96. The average Bonchev–Trinajstić information content (AvgIpc) is 3.05. The van der Waals surface area contributed by atoms with Crippen LogP contribution in [0.1, 0.15) is 18.4 Å². The molecule has 7 nitrogen and oxygen atoms in total. The van der Waals surface area contributed by atoms with Gasteiger partial charge in [0.25, 0.3) is 5.24 Å². The Kier molecular flexibility index (Phi) is 6.18. The van der Waals surface area contributed by atoms with Crippen LogP contribution in [0.3, 0.4) is 0 Å². The van der Waals surface area contributed by atoms with E-state index in [1.165, 1.54) is 11.0 Å². The van der Waals surface area contributed by atoms with E-state index >= 15 is 0 Å². The zero-order chi connectivity index (χ0) is 20.1. The van der Waals surface area contributed by atoms with E-state index in [9.17, 15) is 19.2 Å². The minimum atomic E-state index is -0.743. The van der Waals surface area contributed by atoms with Gasteiger partial charge in [0.15, 0.2) is 0 Å². The Morgan fingerprint density at radius 2 is 1.86 bits per heavy atom. The molecular weight excluding hydrogens is 378 g/mol. The summed E-state index contributed by atoms with van der Waals surface area (Å²) in [6.45, 7) is 4.83. The summed E-state index contributed by atoms with van der Waals surface area (Å²) in [6.07, 6.45) is 2.29. The Labute approximate surface area is 168 Å². The van der Waals surface area contributed by atoms with E-state index < -0.39 is 5.41 Å². The third-order valence-corrected chi connectivity index (χ3v) is 6.18. The monoisotopic (exact) mass is 401 g/mol. The lowest BCUT2D eigenvalue weighted by Gasteiger charge is -2.40. The van der Waals surface area contributed by atoms with Crippen molar-refractivity contribution in [3.63, 3.8) is 0 Å². The molecule has 0 spiro atoms. The lowest BCUT2D eigenvalue weighted by Crippen LogP contribution is -2.53. The van der Waals surface area contributed by atoms with Crippen LogP contribution in [0.2, 0.25) is 0 Å². The fraction of sp³-hybridized carbons (Fsp3) is 0.400. The molecule has 0 radical (unpaired) electrons. The van der Waals surface area contributed by atoms with Crippen molar-refractivity contribution in [2.45, 2.75) is 18.3 Å². The number of piperidine rings is 1. The highest BCUT2D eigenvalue weighted by Gasteiger charge is 2.43. The highest BCUT2D eigenvalue weighted by molar-refractivity contribution is 8.14. The topological polar surface area (TPSA) is 86.8 Å². The molecular formula is C20H23N3O4S. The smallest absolute Gasteiger partial charge is 0.288 e. The molecule has 28 heavy (non-hydrogen) atoms. The van der Waals surface area contributed by atoms with Gasteiger partial charge in [0.05, 0.1) is 11.2 Å². The Hall–Kier alpha value is -2.61. The first-order valence-corrected chi connectivity index (χ1v) is 10.2. The van der Waals surface area contributed by atoms with Crippen LogP contribution >= 0.6 is 11.8 Å². The molecule has 2 heterocycles. The number of imide groups is 1. The number of nitrogens with one attached hydrogen (secondary N) is 1. The SMILES string of the molecule is C=CC(=O)N1CCC(C(=O)NCCN2C(=O)CSC2=O)(c2ccccc2)CC1. The molecule has 3 rings (SSSR count). The summed E-state index contributed by atoms with van der Waals surface area (Å²) in [5.74, 6) is -0.339. The molecule has 0 aromatic heterocycles. The number of thioether (sulfide) groups is 1. The van der Waals surface area contributed by atoms with E-state index in [1.807, 2.05) is 30.3 Å². The second kappa shape index (κ2) is 8.60. The van der Waals surface area contributed by atoms with Crippen molar-refractivity contribution >= 4 is 34.7 Å². The number of nitrogens with zero attached hydrogens (tertiary/aromatic N) is 2. The number of benzene rings is 1. The van der Waals surface area contributed by atoms with Crippen molar-refractivity contribution in [1.29, 1.82) is 0 Å². The fourth-order valence-electron chi connectivity index (χ4n) is 3.69. The molecule has 2 fully saturated rings. The number of rotatable bonds is 6. The van der Waals surface area contributed by atoms with Crippen LogP contribution in [0.5, 0.6) is 0 Å². The number of likely N-dealkylation sites (tertiary alicyclic amines) is 1. The first-order valence-electron chi connectivity index (χ1n) is 9.20. The third-order valence-electron chi connectivity index (χ3n) is 5.33. The maximum atomic E-state index is 13.2. The molecule has 0 unspecified atom stereocenters. The summed E-state index contributed by atoms with van der Waals surface area (Å²) in [4.78, 5) is 51.3. The summed E-state index contributed by atoms with van der Waals surface area (Å²) >= 11 is 0.981. The Morgan fingerprint density at radius 1 is 1.18 bits per heavy atom. The number of hydrogen-bond donors (Lipinski definition) is 1.